The van der Waals surface area contributed by atoms with E-state index in [1.807, 2.05) is 50.2 Å². The van der Waals surface area contributed by atoms with Crippen LogP contribution in [0.2, 0.25) is 0 Å². The van der Waals surface area contributed by atoms with E-state index in [0.717, 1.165) is 17.1 Å². The Balaban J connectivity index is 2.03. The normalized spacial score (nSPS) is 10.3. The van der Waals surface area contributed by atoms with Gasteiger partial charge in [0.1, 0.15) is 5.75 Å². The van der Waals surface area contributed by atoms with E-state index in [1.165, 1.54) is 0 Å². The molecule has 0 saturated heterocycles. The molecule has 0 radical (unpaired) electrons. The maximum absolute atomic E-state index is 5.58. The third kappa shape index (κ3) is 3.48. The summed E-state index contributed by atoms with van der Waals surface area (Å²) in [6.07, 6.45) is 3.75. The second-order valence-electron chi connectivity index (χ2n) is 4.06. The lowest BCUT2D eigenvalue weighted by atomic mass is 10.3. The predicted octanol–water partition coefficient (Wildman–Crippen LogP) is 3.61. The first-order chi connectivity index (χ1) is 8.24. The van der Waals surface area contributed by atoms with Crippen molar-refractivity contribution in [2.24, 2.45) is 0 Å². The van der Waals surface area contributed by atoms with Crippen LogP contribution in [0.15, 0.2) is 48.8 Å². The van der Waals surface area contributed by atoms with E-state index >= 15 is 0 Å². The molecule has 0 atom stereocenters. The molecule has 0 fully saturated rings. The third-order valence-corrected chi connectivity index (χ3v) is 2.18. The highest BCUT2D eigenvalue weighted by Gasteiger charge is 1.98. The van der Waals surface area contributed by atoms with E-state index in [4.69, 9.17) is 4.74 Å². The average Bonchev–Trinajstić information content (AvgIpc) is 2.32. The Labute approximate surface area is 101 Å². The first kappa shape index (κ1) is 11.5. The Bertz CT molecular complexity index is 451. The van der Waals surface area contributed by atoms with Gasteiger partial charge in [-0.15, -0.1) is 0 Å². The van der Waals surface area contributed by atoms with E-state index in [0.29, 0.717) is 0 Å². The van der Waals surface area contributed by atoms with Gasteiger partial charge in [0.25, 0.3) is 0 Å². The molecule has 2 aromatic rings. The van der Waals surface area contributed by atoms with Crippen LogP contribution in [0.4, 0.5) is 11.4 Å². The van der Waals surface area contributed by atoms with Crippen LogP contribution in [0.1, 0.15) is 13.8 Å². The molecule has 0 saturated carbocycles. The van der Waals surface area contributed by atoms with Gasteiger partial charge >= 0.3 is 0 Å². The molecule has 17 heavy (non-hydrogen) atoms. The topological polar surface area (TPSA) is 34.1 Å². The Hall–Kier alpha value is -2.03. The predicted molar refractivity (Wildman–Crippen MR) is 69.7 cm³/mol. The summed E-state index contributed by atoms with van der Waals surface area (Å²) in [6.45, 7) is 4.03. The van der Waals surface area contributed by atoms with Crippen molar-refractivity contribution in [3.05, 3.63) is 48.8 Å². The minimum atomic E-state index is 0.201. The van der Waals surface area contributed by atoms with E-state index in [9.17, 15) is 0 Å². The van der Waals surface area contributed by atoms with Gasteiger partial charge in [-0.3, -0.25) is 4.98 Å². The summed E-state index contributed by atoms with van der Waals surface area (Å²) in [6, 6.07) is 11.8. The molecule has 88 valence electrons. The van der Waals surface area contributed by atoms with Gasteiger partial charge < -0.3 is 10.1 Å². The standard InChI is InChI=1S/C14H16N2O/c1-11(2)17-14-7-5-12(6-8-14)16-13-4-3-9-15-10-13/h3-11,16H,1-2H3. The average molecular weight is 228 g/mol. The fourth-order valence-corrected chi connectivity index (χ4v) is 1.49. The summed E-state index contributed by atoms with van der Waals surface area (Å²) in [4.78, 5) is 4.05. The summed E-state index contributed by atoms with van der Waals surface area (Å²) in [7, 11) is 0. The summed E-state index contributed by atoms with van der Waals surface area (Å²) < 4.78 is 5.58. The van der Waals surface area contributed by atoms with Crippen molar-refractivity contribution in [1.29, 1.82) is 0 Å². The number of hydrogen-bond donors (Lipinski definition) is 1. The van der Waals surface area contributed by atoms with Gasteiger partial charge in [0.2, 0.25) is 0 Å². The second kappa shape index (κ2) is 5.34. The van der Waals surface area contributed by atoms with Crippen LogP contribution in [-0.4, -0.2) is 11.1 Å². The van der Waals surface area contributed by atoms with Gasteiger partial charge in [-0.05, 0) is 50.2 Å². The fraction of sp³-hybridized carbons (Fsp3) is 0.214. The highest BCUT2D eigenvalue weighted by atomic mass is 16.5. The zero-order chi connectivity index (χ0) is 12.1. The Morgan fingerprint density at radius 3 is 2.41 bits per heavy atom. The largest absolute Gasteiger partial charge is 0.491 e. The molecule has 0 amide bonds. The fourth-order valence-electron chi connectivity index (χ4n) is 1.49. The first-order valence-electron chi connectivity index (χ1n) is 5.68. The smallest absolute Gasteiger partial charge is 0.119 e. The molecule has 0 aliphatic rings. The number of benzene rings is 1. The van der Waals surface area contributed by atoms with Gasteiger partial charge in [0.15, 0.2) is 0 Å². The minimum Gasteiger partial charge on any atom is -0.491 e. The van der Waals surface area contributed by atoms with Gasteiger partial charge in [-0.25, -0.2) is 0 Å². The number of nitrogens with zero attached hydrogens (tertiary/aromatic N) is 1. The number of aromatic nitrogens is 1. The van der Waals surface area contributed by atoms with Crippen LogP contribution in [0.5, 0.6) is 5.75 Å². The number of rotatable bonds is 4. The molecule has 1 N–H and O–H groups in total. The molecule has 0 spiro atoms. The van der Waals surface area contributed by atoms with Crippen LogP contribution >= 0.6 is 0 Å². The Kier molecular flexibility index (Phi) is 3.60. The van der Waals surface area contributed by atoms with Crippen molar-refractivity contribution >= 4 is 11.4 Å². The number of ether oxygens (including phenoxy) is 1. The van der Waals surface area contributed by atoms with Gasteiger partial charge in [-0.1, -0.05) is 0 Å². The van der Waals surface area contributed by atoms with Crippen molar-refractivity contribution < 1.29 is 4.74 Å². The van der Waals surface area contributed by atoms with Crippen LogP contribution < -0.4 is 10.1 Å². The van der Waals surface area contributed by atoms with Crippen molar-refractivity contribution in [2.75, 3.05) is 5.32 Å². The van der Waals surface area contributed by atoms with Crippen LogP contribution in [0.3, 0.4) is 0 Å². The van der Waals surface area contributed by atoms with Gasteiger partial charge in [0, 0.05) is 11.9 Å². The zero-order valence-electron chi connectivity index (χ0n) is 10.1. The lowest BCUT2D eigenvalue weighted by molar-refractivity contribution is 0.242. The number of nitrogens with one attached hydrogen (secondary N) is 1. The molecular formula is C14H16N2O. The van der Waals surface area contributed by atoms with Crippen LogP contribution in [0, 0.1) is 0 Å². The van der Waals surface area contributed by atoms with Gasteiger partial charge in [-0.2, -0.15) is 0 Å². The monoisotopic (exact) mass is 228 g/mol. The van der Waals surface area contributed by atoms with E-state index in [2.05, 4.69) is 10.3 Å². The van der Waals surface area contributed by atoms with Crippen molar-refractivity contribution in [1.82, 2.24) is 4.98 Å². The first-order valence-corrected chi connectivity index (χ1v) is 5.68. The number of anilines is 2. The molecule has 1 heterocycles. The lowest BCUT2D eigenvalue weighted by Crippen LogP contribution is -2.05. The van der Waals surface area contributed by atoms with Crippen molar-refractivity contribution in [3.8, 4) is 5.75 Å². The summed E-state index contributed by atoms with van der Waals surface area (Å²) in [5.41, 5.74) is 2.00. The van der Waals surface area contributed by atoms with Crippen molar-refractivity contribution in [3.63, 3.8) is 0 Å². The molecular weight excluding hydrogens is 212 g/mol. The van der Waals surface area contributed by atoms with Crippen LogP contribution in [0.25, 0.3) is 0 Å². The van der Waals surface area contributed by atoms with E-state index < -0.39 is 0 Å². The molecule has 1 aromatic heterocycles. The number of hydrogen-bond acceptors (Lipinski definition) is 3. The summed E-state index contributed by atoms with van der Waals surface area (Å²) >= 11 is 0. The Morgan fingerprint density at radius 1 is 1.06 bits per heavy atom. The second-order valence-corrected chi connectivity index (χ2v) is 4.06. The molecule has 0 aliphatic carbocycles. The van der Waals surface area contributed by atoms with E-state index in [1.54, 1.807) is 12.4 Å². The molecule has 2 rings (SSSR count). The molecule has 0 unspecified atom stereocenters. The van der Waals surface area contributed by atoms with Gasteiger partial charge in [0.05, 0.1) is 18.0 Å². The number of pyridine rings is 1. The highest BCUT2D eigenvalue weighted by Crippen LogP contribution is 2.19. The summed E-state index contributed by atoms with van der Waals surface area (Å²) in [5, 5.41) is 3.27. The zero-order valence-corrected chi connectivity index (χ0v) is 10.1. The molecule has 1 aromatic carbocycles. The molecule has 0 aliphatic heterocycles. The van der Waals surface area contributed by atoms with Crippen LogP contribution in [-0.2, 0) is 0 Å². The molecule has 0 bridgehead atoms. The maximum atomic E-state index is 5.58. The molecule has 3 nitrogen and oxygen atoms in total. The summed E-state index contributed by atoms with van der Waals surface area (Å²) in [5.74, 6) is 0.886. The van der Waals surface area contributed by atoms with Crippen molar-refractivity contribution in [2.45, 2.75) is 20.0 Å². The quantitative estimate of drug-likeness (QED) is 0.868. The highest BCUT2D eigenvalue weighted by molar-refractivity contribution is 5.59. The third-order valence-electron chi connectivity index (χ3n) is 2.18. The Morgan fingerprint density at radius 2 is 1.82 bits per heavy atom. The maximum Gasteiger partial charge on any atom is 0.119 e. The van der Waals surface area contributed by atoms with E-state index in [-0.39, 0.29) is 6.10 Å². The lowest BCUT2D eigenvalue weighted by Gasteiger charge is -2.10. The molecule has 3 heteroatoms. The minimum absolute atomic E-state index is 0.201. The SMILES string of the molecule is CC(C)Oc1ccc(Nc2cccnc2)cc1.